The highest BCUT2D eigenvalue weighted by atomic mass is 19.4. The highest BCUT2D eigenvalue weighted by Crippen LogP contribution is 2.42. The van der Waals surface area contributed by atoms with Crippen molar-refractivity contribution >= 4 is 28.2 Å². The van der Waals surface area contributed by atoms with E-state index in [0.29, 0.717) is 59.6 Å². The third kappa shape index (κ3) is 7.23. The van der Waals surface area contributed by atoms with Crippen molar-refractivity contribution in [2.24, 2.45) is 5.92 Å². The van der Waals surface area contributed by atoms with E-state index in [4.69, 9.17) is 18.6 Å². The number of ether oxygens (including phenoxy) is 1. The van der Waals surface area contributed by atoms with Crippen molar-refractivity contribution in [1.29, 1.82) is 0 Å². The fourth-order valence-corrected chi connectivity index (χ4v) is 8.21. The highest BCUT2D eigenvalue weighted by molar-refractivity contribution is 5.86. The number of benzene rings is 4. The second kappa shape index (κ2) is 14.6. The SMILES string of the molecule is Cc1c(-c2nc3cc(CN4CCC[C@@H]4C(=O)O)c(OC(F)F)cc3o2)cccc1-c1cccc(-c2nc3cc(CN4CCC(C)C4)cc(C(F)(F)F)c3o2)c1C. The van der Waals surface area contributed by atoms with Crippen molar-refractivity contribution in [2.45, 2.75) is 72.0 Å². The van der Waals surface area contributed by atoms with Gasteiger partial charge in [-0.1, -0.05) is 31.2 Å². The summed E-state index contributed by atoms with van der Waals surface area (Å²) >= 11 is 0. The lowest BCUT2D eigenvalue weighted by molar-refractivity contribution is -0.142. The first-order valence-corrected chi connectivity index (χ1v) is 18.5. The molecule has 0 aliphatic carbocycles. The summed E-state index contributed by atoms with van der Waals surface area (Å²) in [5, 5.41) is 9.65. The van der Waals surface area contributed by atoms with Crippen LogP contribution in [0.5, 0.6) is 5.75 Å². The van der Waals surface area contributed by atoms with E-state index in [1.54, 1.807) is 29.2 Å². The number of hydrogen-bond acceptors (Lipinski definition) is 8. The molecule has 6 aromatic rings. The van der Waals surface area contributed by atoms with Gasteiger partial charge in [-0.25, -0.2) is 9.97 Å². The summed E-state index contributed by atoms with van der Waals surface area (Å²) in [6.45, 7) is 5.41. The maximum absolute atomic E-state index is 14.4. The number of carboxylic acid groups (broad SMARTS) is 1. The zero-order valence-electron chi connectivity index (χ0n) is 30.9. The standard InChI is InChI=1S/C42H39F5N4O5/c1-22-12-14-50(19-22)20-25-15-31(42(45,46)47)37-33(16-25)49-39(56-37)30-10-5-8-28(24(30)3)27-7-4-9-29(23(27)2)38-48-32-17-26(21-51-13-6-11-34(51)40(52)53)35(55-41(43)44)18-36(32)54-38/h4-5,7-10,15-18,22,34,41H,6,11-14,19-21H2,1-3H3,(H,52,53)/t22?,34-/m1/s1. The van der Waals surface area contributed by atoms with Crippen molar-refractivity contribution in [1.82, 2.24) is 19.8 Å². The Labute approximate surface area is 318 Å². The molecular weight excluding hydrogens is 735 g/mol. The number of alkyl halides is 5. The predicted molar refractivity (Wildman–Crippen MR) is 199 cm³/mol. The summed E-state index contributed by atoms with van der Waals surface area (Å²) in [6.07, 6.45) is -2.50. The van der Waals surface area contributed by atoms with Gasteiger partial charge < -0.3 is 18.7 Å². The molecular formula is C42H39F5N4O5. The van der Waals surface area contributed by atoms with Gasteiger partial charge in [-0.15, -0.1) is 0 Å². The van der Waals surface area contributed by atoms with Crippen LogP contribution in [0.2, 0.25) is 0 Å². The van der Waals surface area contributed by atoms with Gasteiger partial charge >= 0.3 is 18.8 Å². The molecule has 1 unspecified atom stereocenters. The van der Waals surface area contributed by atoms with E-state index >= 15 is 0 Å². The van der Waals surface area contributed by atoms with Crippen molar-refractivity contribution in [2.75, 3.05) is 19.6 Å². The van der Waals surface area contributed by atoms with Crippen LogP contribution in [0.15, 0.2) is 69.5 Å². The van der Waals surface area contributed by atoms with Crippen molar-refractivity contribution in [3.05, 3.63) is 88.5 Å². The van der Waals surface area contributed by atoms with Gasteiger partial charge in [0, 0.05) is 42.4 Å². The van der Waals surface area contributed by atoms with E-state index in [1.165, 1.54) is 12.1 Å². The minimum absolute atomic E-state index is 0.0748. The molecule has 4 heterocycles. The second-order valence-electron chi connectivity index (χ2n) is 14.9. The van der Waals surface area contributed by atoms with E-state index in [0.717, 1.165) is 41.8 Å². The van der Waals surface area contributed by atoms with Gasteiger partial charge in [-0.2, -0.15) is 22.0 Å². The van der Waals surface area contributed by atoms with Gasteiger partial charge in [0.2, 0.25) is 11.8 Å². The summed E-state index contributed by atoms with van der Waals surface area (Å²) < 4.78 is 87.0. The molecule has 2 aromatic heterocycles. The third-order valence-corrected chi connectivity index (χ3v) is 11.0. The molecule has 0 amide bonds. The number of hydrogen-bond donors (Lipinski definition) is 1. The summed E-state index contributed by atoms with van der Waals surface area (Å²) in [5.41, 5.74) is 4.74. The largest absolute Gasteiger partial charge is 0.480 e. The lowest BCUT2D eigenvalue weighted by atomic mass is 9.91. The first kappa shape index (κ1) is 37.6. The lowest BCUT2D eigenvalue weighted by Crippen LogP contribution is -2.35. The maximum atomic E-state index is 14.4. The molecule has 14 heteroatoms. The number of likely N-dealkylation sites (tertiary alicyclic amines) is 2. The Bertz CT molecular complexity index is 2460. The quantitative estimate of drug-likeness (QED) is 0.136. The number of rotatable bonds is 10. The molecule has 2 aliphatic rings. The molecule has 56 heavy (non-hydrogen) atoms. The Hall–Kier alpha value is -5.34. The molecule has 9 nitrogen and oxygen atoms in total. The van der Waals surface area contributed by atoms with Crippen molar-refractivity contribution in [3.63, 3.8) is 0 Å². The summed E-state index contributed by atoms with van der Waals surface area (Å²) in [7, 11) is 0. The zero-order valence-corrected chi connectivity index (χ0v) is 30.9. The minimum Gasteiger partial charge on any atom is -0.480 e. The van der Waals surface area contributed by atoms with Gasteiger partial charge in [0.15, 0.2) is 11.2 Å². The van der Waals surface area contributed by atoms with Gasteiger partial charge in [0.25, 0.3) is 0 Å². The molecule has 0 bridgehead atoms. The molecule has 2 saturated heterocycles. The van der Waals surface area contributed by atoms with E-state index < -0.39 is 30.4 Å². The molecule has 0 spiro atoms. The Kier molecular flexibility index (Phi) is 9.82. The minimum atomic E-state index is -4.64. The number of fused-ring (bicyclic) bond motifs is 2. The number of oxazole rings is 2. The monoisotopic (exact) mass is 774 g/mol. The molecule has 8 rings (SSSR count). The molecule has 1 N–H and O–H groups in total. The van der Waals surface area contributed by atoms with Crippen LogP contribution < -0.4 is 4.74 Å². The van der Waals surface area contributed by atoms with E-state index in [1.807, 2.05) is 38.1 Å². The fourth-order valence-electron chi connectivity index (χ4n) is 8.21. The number of aliphatic carboxylic acids is 1. The van der Waals surface area contributed by atoms with E-state index in [2.05, 4.69) is 16.8 Å². The average molecular weight is 775 g/mol. The van der Waals surface area contributed by atoms with Crippen LogP contribution in [0.1, 0.15) is 54.0 Å². The van der Waals surface area contributed by atoms with Crippen molar-refractivity contribution in [3.8, 4) is 39.8 Å². The Morgan fingerprint density at radius 2 is 1.55 bits per heavy atom. The number of halogens is 5. The van der Waals surface area contributed by atoms with Crippen LogP contribution in [0.25, 0.3) is 56.2 Å². The molecule has 0 radical (unpaired) electrons. The molecule has 2 fully saturated rings. The second-order valence-corrected chi connectivity index (χ2v) is 14.9. The molecule has 2 atom stereocenters. The van der Waals surface area contributed by atoms with Crippen LogP contribution in [0.3, 0.4) is 0 Å². The van der Waals surface area contributed by atoms with Crippen LogP contribution in [0.4, 0.5) is 22.0 Å². The highest BCUT2D eigenvalue weighted by Gasteiger charge is 2.36. The third-order valence-electron chi connectivity index (χ3n) is 11.0. The summed E-state index contributed by atoms with van der Waals surface area (Å²) in [5.74, 6) is -0.294. The average Bonchev–Trinajstić information content (AvgIpc) is 3.95. The lowest BCUT2D eigenvalue weighted by Gasteiger charge is -2.22. The molecule has 0 saturated carbocycles. The molecule has 4 aromatic carbocycles. The fraction of sp³-hybridized carbons (Fsp3) is 0.357. The Balaban J connectivity index is 1.14. The van der Waals surface area contributed by atoms with Crippen LogP contribution >= 0.6 is 0 Å². The molecule has 292 valence electrons. The summed E-state index contributed by atoms with van der Waals surface area (Å²) in [4.78, 5) is 25.0. The summed E-state index contributed by atoms with van der Waals surface area (Å²) in [6, 6.07) is 16.1. The van der Waals surface area contributed by atoms with Crippen LogP contribution in [-0.2, 0) is 24.1 Å². The topological polar surface area (TPSA) is 105 Å². The first-order valence-electron chi connectivity index (χ1n) is 18.5. The number of aromatic nitrogens is 2. The molecule has 2 aliphatic heterocycles. The van der Waals surface area contributed by atoms with Gasteiger partial charge in [0.1, 0.15) is 28.4 Å². The Morgan fingerprint density at radius 3 is 2.18 bits per heavy atom. The Morgan fingerprint density at radius 1 is 0.893 bits per heavy atom. The van der Waals surface area contributed by atoms with Gasteiger partial charge in [0.05, 0.1) is 0 Å². The van der Waals surface area contributed by atoms with E-state index in [9.17, 15) is 31.9 Å². The van der Waals surface area contributed by atoms with Crippen molar-refractivity contribution < 1.29 is 45.4 Å². The van der Waals surface area contributed by atoms with E-state index in [-0.39, 0.29) is 40.8 Å². The van der Waals surface area contributed by atoms with Gasteiger partial charge in [-0.3, -0.25) is 14.6 Å². The normalized spacial score (nSPS) is 18.2. The van der Waals surface area contributed by atoms with Crippen LogP contribution in [0, 0.1) is 19.8 Å². The first-order chi connectivity index (χ1) is 26.7. The van der Waals surface area contributed by atoms with Crippen LogP contribution in [-0.4, -0.2) is 63.1 Å². The van der Waals surface area contributed by atoms with Gasteiger partial charge in [-0.05, 0) is 110 Å². The number of nitrogens with zero attached hydrogens (tertiary/aromatic N) is 4. The smallest absolute Gasteiger partial charge is 0.420 e. The zero-order chi connectivity index (χ0) is 39.5. The number of carboxylic acids is 1. The number of carbonyl (C=O) groups is 1. The predicted octanol–water partition coefficient (Wildman–Crippen LogP) is 10.1. The maximum Gasteiger partial charge on any atom is 0.420 e.